The molecule has 0 fully saturated rings. The Bertz CT molecular complexity index is 627. The summed E-state index contributed by atoms with van der Waals surface area (Å²) in [5.41, 5.74) is 0.491. The van der Waals surface area contributed by atoms with E-state index in [-0.39, 0.29) is 18.3 Å². The molecular formula is C16H15BrFNOS. The zero-order valence-electron chi connectivity index (χ0n) is 11.4. The van der Waals surface area contributed by atoms with E-state index in [4.69, 9.17) is 0 Å². The van der Waals surface area contributed by atoms with Gasteiger partial charge in [-0.3, -0.25) is 4.79 Å². The molecule has 21 heavy (non-hydrogen) atoms. The molecule has 0 saturated heterocycles. The van der Waals surface area contributed by atoms with Gasteiger partial charge in [0, 0.05) is 28.0 Å². The number of benzene rings is 1. The van der Waals surface area contributed by atoms with Gasteiger partial charge >= 0.3 is 0 Å². The van der Waals surface area contributed by atoms with Gasteiger partial charge in [0.1, 0.15) is 5.82 Å². The van der Waals surface area contributed by atoms with Crippen LogP contribution in [0.5, 0.6) is 0 Å². The minimum absolute atomic E-state index is 0.0308. The Kier molecular flexibility index (Phi) is 5.70. The van der Waals surface area contributed by atoms with Crippen molar-refractivity contribution in [1.82, 2.24) is 4.90 Å². The lowest BCUT2D eigenvalue weighted by atomic mass is 10.2. The molecule has 0 aliphatic heterocycles. The third-order valence-corrected chi connectivity index (χ3v) is 4.35. The van der Waals surface area contributed by atoms with Crippen LogP contribution in [-0.2, 0) is 17.8 Å². The first-order valence-corrected chi connectivity index (χ1v) is 8.12. The molecule has 0 radical (unpaired) electrons. The zero-order chi connectivity index (χ0) is 15.2. The van der Waals surface area contributed by atoms with Crippen LogP contribution in [0.3, 0.4) is 0 Å². The van der Waals surface area contributed by atoms with Gasteiger partial charge in [-0.1, -0.05) is 28.1 Å². The van der Waals surface area contributed by atoms with Crippen molar-refractivity contribution in [2.24, 2.45) is 0 Å². The second kappa shape index (κ2) is 7.52. The largest absolute Gasteiger partial charge is 0.334 e. The molecule has 0 saturated carbocycles. The van der Waals surface area contributed by atoms with Crippen molar-refractivity contribution in [3.05, 3.63) is 69.1 Å². The van der Waals surface area contributed by atoms with Crippen LogP contribution in [0.1, 0.15) is 10.4 Å². The first-order valence-electron chi connectivity index (χ1n) is 6.45. The Hall–Kier alpha value is -1.46. The van der Waals surface area contributed by atoms with E-state index in [9.17, 15) is 9.18 Å². The fourth-order valence-corrected chi connectivity index (χ4v) is 3.06. The second-order valence-corrected chi connectivity index (χ2v) is 6.50. The summed E-state index contributed by atoms with van der Waals surface area (Å²) in [7, 11) is 0. The Balaban J connectivity index is 2.12. The van der Waals surface area contributed by atoms with Crippen LogP contribution in [0, 0.1) is 5.82 Å². The summed E-state index contributed by atoms with van der Waals surface area (Å²) < 4.78 is 14.6. The van der Waals surface area contributed by atoms with Crippen molar-refractivity contribution in [2.45, 2.75) is 13.0 Å². The van der Waals surface area contributed by atoms with Crippen molar-refractivity contribution < 1.29 is 9.18 Å². The quantitative estimate of drug-likeness (QED) is 0.692. The highest BCUT2D eigenvalue weighted by molar-refractivity contribution is 9.10. The molecule has 1 heterocycles. The highest BCUT2D eigenvalue weighted by Gasteiger charge is 2.16. The Morgan fingerprint density at radius 3 is 2.90 bits per heavy atom. The standard InChI is InChI=1S/C16H15BrFNOS/c1-2-7-19(16(20)10-14-4-3-8-21-14)11-12-9-13(17)5-6-15(12)18/h2-6,8-9H,1,7,10-11H2. The van der Waals surface area contributed by atoms with Crippen LogP contribution < -0.4 is 0 Å². The summed E-state index contributed by atoms with van der Waals surface area (Å²) >= 11 is 4.87. The first kappa shape index (κ1) is 15.9. The molecule has 5 heteroatoms. The second-order valence-electron chi connectivity index (χ2n) is 4.55. The molecule has 0 aliphatic carbocycles. The average molecular weight is 368 g/mol. The minimum atomic E-state index is -0.309. The van der Waals surface area contributed by atoms with E-state index in [1.54, 1.807) is 34.4 Å². The lowest BCUT2D eigenvalue weighted by molar-refractivity contribution is -0.130. The monoisotopic (exact) mass is 367 g/mol. The number of hydrogen-bond donors (Lipinski definition) is 0. The molecule has 110 valence electrons. The predicted molar refractivity (Wildman–Crippen MR) is 87.7 cm³/mol. The number of carbonyl (C=O) groups is 1. The minimum Gasteiger partial charge on any atom is -0.334 e. The predicted octanol–water partition coefficient (Wildman–Crippen LogP) is 4.41. The molecule has 0 unspecified atom stereocenters. The van der Waals surface area contributed by atoms with Crippen molar-refractivity contribution >= 4 is 33.2 Å². The Labute approximate surface area is 136 Å². The van der Waals surface area contributed by atoms with Gasteiger partial charge < -0.3 is 4.90 Å². The molecule has 1 amide bonds. The van der Waals surface area contributed by atoms with E-state index >= 15 is 0 Å². The van der Waals surface area contributed by atoms with E-state index in [0.717, 1.165) is 9.35 Å². The van der Waals surface area contributed by atoms with Crippen LogP contribution in [0.4, 0.5) is 4.39 Å². The molecule has 0 spiro atoms. The summed E-state index contributed by atoms with van der Waals surface area (Å²) in [6, 6.07) is 8.58. The lowest BCUT2D eigenvalue weighted by Crippen LogP contribution is -2.32. The summed E-state index contributed by atoms with van der Waals surface area (Å²) in [5.74, 6) is -0.340. The fraction of sp³-hybridized carbons (Fsp3) is 0.188. The summed E-state index contributed by atoms with van der Waals surface area (Å²) in [6.45, 7) is 4.30. The normalized spacial score (nSPS) is 10.4. The van der Waals surface area contributed by atoms with Crippen LogP contribution in [0.2, 0.25) is 0 Å². The van der Waals surface area contributed by atoms with Gasteiger partial charge in [0.15, 0.2) is 0 Å². The van der Waals surface area contributed by atoms with Crippen LogP contribution in [-0.4, -0.2) is 17.4 Å². The molecule has 0 N–H and O–H groups in total. The maximum Gasteiger partial charge on any atom is 0.228 e. The smallest absolute Gasteiger partial charge is 0.228 e. The number of carbonyl (C=O) groups excluding carboxylic acids is 1. The highest BCUT2D eigenvalue weighted by Crippen LogP contribution is 2.18. The van der Waals surface area contributed by atoms with Gasteiger partial charge in [-0.05, 0) is 29.6 Å². The third-order valence-electron chi connectivity index (χ3n) is 2.98. The van der Waals surface area contributed by atoms with Crippen molar-refractivity contribution in [3.63, 3.8) is 0 Å². The maximum absolute atomic E-state index is 13.8. The molecule has 1 aromatic heterocycles. The third kappa shape index (κ3) is 4.51. The first-order chi connectivity index (χ1) is 10.1. The number of hydrogen-bond acceptors (Lipinski definition) is 2. The van der Waals surface area contributed by atoms with Crippen molar-refractivity contribution in [2.75, 3.05) is 6.54 Å². The summed E-state index contributed by atoms with van der Waals surface area (Å²) in [5, 5.41) is 1.94. The van der Waals surface area contributed by atoms with Crippen molar-refractivity contribution in [1.29, 1.82) is 0 Å². The number of amides is 1. The SMILES string of the molecule is C=CCN(Cc1cc(Br)ccc1F)C(=O)Cc1cccs1. The molecule has 2 nitrogen and oxygen atoms in total. The highest BCUT2D eigenvalue weighted by atomic mass is 79.9. The molecule has 0 atom stereocenters. The lowest BCUT2D eigenvalue weighted by Gasteiger charge is -2.21. The van der Waals surface area contributed by atoms with Gasteiger partial charge in [-0.15, -0.1) is 17.9 Å². The average Bonchev–Trinajstić information content (AvgIpc) is 2.95. The summed E-state index contributed by atoms with van der Waals surface area (Å²) in [4.78, 5) is 15.0. The van der Waals surface area contributed by atoms with Gasteiger partial charge in [0.05, 0.1) is 6.42 Å². The maximum atomic E-state index is 13.8. The van der Waals surface area contributed by atoms with Gasteiger partial charge in [0.25, 0.3) is 0 Å². The molecule has 2 rings (SSSR count). The molecule has 2 aromatic rings. The molecule has 0 bridgehead atoms. The van der Waals surface area contributed by atoms with Crippen LogP contribution in [0.15, 0.2) is 52.8 Å². The van der Waals surface area contributed by atoms with Gasteiger partial charge in [0.2, 0.25) is 5.91 Å². The van der Waals surface area contributed by atoms with E-state index in [2.05, 4.69) is 22.5 Å². The fourth-order valence-electron chi connectivity index (χ4n) is 1.95. The van der Waals surface area contributed by atoms with E-state index in [1.165, 1.54) is 6.07 Å². The van der Waals surface area contributed by atoms with Crippen molar-refractivity contribution in [3.8, 4) is 0 Å². The topological polar surface area (TPSA) is 20.3 Å². The van der Waals surface area contributed by atoms with E-state index < -0.39 is 0 Å². The number of thiophene rings is 1. The van der Waals surface area contributed by atoms with Gasteiger partial charge in [-0.2, -0.15) is 0 Å². The number of rotatable bonds is 6. The Morgan fingerprint density at radius 2 is 2.24 bits per heavy atom. The molecular weight excluding hydrogens is 353 g/mol. The molecule has 1 aromatic carbocycles. The van der Waals surface area contributed by atoms with E-state index in [0.29, 0.717) is 18.5 Å². The molecule has 0 aliphatic rings. The number of nitrogens with zero attached hydrogens (tertiary/aromatic N) is 1. The number of halogens is 2. The van der Waals surface area contributed by atoms with Crippen LogP contribution in [0.25, 0.3) is 0 Å². The van der Waals surface area contributed by atoms with E-state index in [1.807, 2.05) is 17.5 Å². The zero-order valence-corrected chi connectivity index (χ0v) is 13.8. The van der Waals surface area contributed by atoms with Crippen LogP contribution >= 0.6 is 27.3 Å². The summed E-state index contributed by atoms with van der Waals surface area (Å²) in [6.07, 6.45) is 1.99. The Morgan fingerprint density at radius 1 is 1.43 bits per heavy atom. The van der Waals surface area contributed by atoms with Gasteiger partial charge in [-0.25, -0.2) is 4.39 Å².